The van der Waals surface area contributed by atoms with Gasteiger partial charge in [0, 0.05) is 19.1 Å². The van der Waals surface area contributed by atoms with Crippen molar-refractivity contribution in [3.8, 4) is 0 Å². The Hall–Kier alpha value is -1.63. The maximum absolute atomic E-state index is 12.2. The molecule has 2 atom stereocenters. The van der Waals surface area contributed by atoms with E-state index in [1.165, 1.54) is 4.90 Å². The monoisotopic (exact) mass is 257 g/mol. The first-order chi connectivity index (χ1) is 8.45. The van der Waals surface area contributed by atoms with Gasteiger partial charge in [0.1, 0.15) is 6.04 Å². The van der Waals surface area contributed by atoms with Gasteiger partial charge in [0.2, 0.25) is 11.8 Å². The van der Waals surface area contributed by atoms with Gasteiger partial charge in [0.05, 0.1) is 13.0 Å². The molecule has 0 aromatic carbocycles. The lowest BCUT2D eigenvalue weighted by Crippen LogP contribution is -2.59. The number of carbonyl (C=O) groups is 3. The second-order valence-electron chi connectivity index (χ2n) is 4.31. The Morgan fingerprint density at radius 3 is 2.67 bits per heavy atom. The molecular formula is C11H19N3O4. The van der Waals surface area contributed by atoms with Crippen LogP contribution in [-0.2, 0) is 14.4 Å². The Morgan fingerprint density at radius 1 is 1.56 bits per heavy atom. The van der Waals surface area contributed by atoms with Crippen LogP contribution in [0.5, 0.6) is 0 Å². The first-order valence-electron chi connectivity index (χ1n) is 5.98. The molecule has 0 spiro atoms. The predicted octanol–water partition coefficient (Wildman–Crippen LogP) is -1.21. The van der Waals surface area contributed by atoms with Gasteiger partial charge in [-0.3, -0.25) is 19.7 Å². The van der Waals surface area contributed by atoms with E-state index >= 15 is 0 Å². The van der Waals surface area contributed by atoms with Crippen LogP contribution in [0.2, 0.25) is 0 Å². The summed E-state index contributed by atoms with van der Waals surface area (Å²) in [5, 5.41) is 14.2. The normalized spacial score (nSPS) is 21.0. The van der Waals surface area contributed by atoms with Crippen molar-refractivity contribution in [3.05, 3.63) is 0 Å². The molecule has 1 saturated heterocycles. The fraction of sp³-hybridized carbons (Fsp3) is 0.727. The van der Waals surface area contributed by atoms with Gasteiger partial charge in [-0.2, -0.15) is 0 Å². The molecule has 2 amide bonds. The molecule has 2 unspecified atom stereocenters. The summed E-state index contributed by atoms with van der Waals surface area (Å²) in [4.78, 5) is 35.3. The number of piperazine rings is 1. The van der Waals surface area contributed by atoms with Gasteiger partial charge < -0.3 is 15.3 Å². The summed E-state index contributed by atoms with van der Waals surface area (Å²) in [6, 6.07) is -0.835. The average molecular weight is 257 g/mol. The molecule has 0 aliphatic carbocycles. The van der Waals surface area contributed by atoms with Gasteiger partial charge in [-0.25, -0.2) is 0 Å². The Bertz CT molecular complexity index is 335. The number of hydrogen-bond acceptors (Lipinski definition) is 4. The first kappa shape index (κ1) is 14.4. The van der Waals surface area contributed by atoms with Crippen molar-refractivity contribution in [2.75, 3.05) is 19.6 Å². The van der Waals surface area contributed by atoms with Crippen LogP contribution in [0.3, 0.4) is 0 Å². The molecule has 0 aromatic heterocycles. The molecule has 1 heterocycles. The molecule has 1 aliphatic rings. The molecule has 1 rings (SSSR count). The molecule has 0 bridgehead atoms. The van der Waals surface area contributed by atoms with E-state index in [0.717, 1.165) is 0 Å². The minimum Gasteiger partial charge on any atom is -0.481 e. The van der Waals surface area contributed by atoms with Crippen molar-refractivity contribution in [2.45, 2.75) is 32.4 Å². The summed E-state index contributed by atoms with van der Waals surface area (Å²) in [6.45, 7) is 4.31. The SMILES string of the molecule is CCN(C(=O)C1CNC(=O)CN1)C(C)CC(=O)O. The standard InChI is InChI=1S/C11H19N3O4/c1-3-14(7(2)4-10(16)17)11(18)8-5-13-9(15)6-12-8/h7-8,12H,3-6H2,1-2H3,(H,13,15)(H,16,17). The Labute approximate surface area is 106 Å². The van der Waals surface area contributed by atoms with Gasteiger partial charge in [-0.15, -0.1) is 0 Å². The highest BCUT2D eigenvalue weighted by Crippen LogP contribution is 2.07. The van der Waals surface area contributed by atoms with Crippen LogP contribution in [0.15, 0.2) is 0 Å². The number of nitrogens with one attached hydrogen (secondary N) is 2. The third kappa shape index (κ3) is 3.69. The minimum atomic E-state index is -0.932. The number of hydrogen-bond donors (Lipinski definition) is 3. The van der Waals surface area contributed by atoms with Crippen LogP contribution < -0.4 is 10.6 Å². The van der Waals surface area contributed by atoms with Crippen LogP contribution in [0, 0.1) is 0 Å². The molecule has 0 aromatic rings. The van der Waals surface area contributed by atoms with Crippen molar-refractivity contribution in [1.29, 1.82) is 0 Å². The molecule has 7 heteroatoms. The van der Waals surface area contributed by atoms with E-state index in [1.807, 2.05) is 0 Å². The number of aliphatic carboxylic acids is 1. The average Bonchev–Trinajstić information content (AvgIpc) is 2.29. The highest BCUT2D eigenvalue weighted by Gasteiger charge is 2.30. The lowest BCUT2D eigenvalue weighted by molar-refractivity contribution is -0.141. The number of likely N-dealkylation sites (N-methyl/N-ethyl adjacent to an activating group) is 1. The number of rotatable bonds is 5. The topological polar surface area (TPSA) is 98.7 Å². The zero-order chi connectivity index (χ0) is 13.7. The van der Waals surface area contributed by atoms with E-state index in [-0.39, 0.29) is 37.4 Å². The fourth-order valence-corrected chi connectivity index (χ4v) is 1.99. The highest BCUT2D eigenvalue weighted by molar-refractivity contribution is 5.87. The largest absolute Gasteiger partial charge is 0.481 e. The van der Waals surface area contributed by atoms with E-state index < -0.39 is 12.0 Å². The molecular weight excluding hydrogens is 238 g/mol. The molecule has 7 nitrogen and oxygen atoms in total. The predicted molar refractivity (Wildman–Crippen MR) is 63.9 cm³/mol. The van der Waals surface area contributed by atoms with Gasteiger partial charge in [0.25, 0.3) is 0 Å². The van der Waals surface area contributed by atoms with Gasteiger partial charge in [-0.05, 0) is 13.8 Å². The zero-order valence-corrected chi connectivity index (χ0v) is 10.6. The van der Waals surface area contributed by atoms with Crippen LogP contribution in [0.25, 0.3) is 0 Å². The number of carboxylic acids is 1. The second-order valence-corrected chi connectivity index (χ2v) is 4.31. The van der Waals surface area contributed by atoms with E-state index in [2.05, 4.69) is 10.6 Å². The summed E-state index contributed by atoms with van der Waals surface area (Å²) >= 11 is 0. The summed E-state index contributed by atoms with van der Waals surface area (Å²) in [7, 11) is 0. The second kappa shape index (κ2) is 6.34. The van der Waals surface area contributed by atoms with E-state index in [9.17, 15) is 14.4 Å². The van der Waals surface area contributed by atoms with Crippen molar-refractivity contribution >= 4 is 17.8 Å². The summed E-state index contributed by atoms with van der Waals surface area (Å²) in [5.74, 6) is -1.24. The number of amides is 2. The summed E-state index contributed by atoms with van der Waals surface area (Å²) in [5.41, 5.74) is 0. The van der Waals surface area contributed by atoms with Gasteiger partial charge in [-0.1, -0.05) is 0 Å². The molecule has 18 heavy (non-hydrogen) atoms. The smallest absolute Gasteiger partial charge is 0.305 e. The zero-order valence-electron chi connectivity index (χ0n) is 10.6. The van der Waals surface area contributed by atoms with Gasteiger partial charge in [0.15, 0.2) is 0 Å². The Kier molecular flexibility index (Phi) is 5.08. The molecule has 102 valence electrons. The van der Waals surface area contributed by atoms with E-state index in [0.29, 0.717) is 6.54 Å². The number of carbonyl (C=O) groups excluding carboxylic acids is 2. The van der Waals surface area contributed by atoms with Crippen molar-refractivity contribution in [1.82, 2.24) is 15.5 Å². The molecule has 3 N–H and O–H groups in total. The quantitative estimate of drug-likeness (QED) is 0.574. The van der Waals surface area contributed by atoms with Gasteiger partial charge >= 0.3 is 5.97 Å². The molecule has 0 saturated carbocycles. The van der Waals surface area contributed by atoms with E-state index in [1.54, 1.807) is 13.8 Å². The van der Waals surface area contributed by atoms with Crippen molar-refractivity contribution in [3.63, 3.8) is 0 Å². The number of carboxylic acid groups (broad SMARTS) is 1. The van der Waals surface area contributed by atoms with Crippen molar-refractivity contribution in [2.24, 2.45) is 0 Å². The van der Waals surface area contributed by atoms with E-state index in [4.69, 9.17) is 5.11 Å². The lowest BCUT2D eigenvalue weighted by Gasteiger charge is -2.32. The minimum absolute atomic E-state index is 0.0847. The summed E-state index contributed by atoms with van der Waals surface area (Å²) < 4.78 is 0. The summed E-state index contributed by atoms with van der Waals surface area (Å²) in [6.07, 6.45) is -0.0847. The third-order valence-corrected chi connectivity index (χ3v) is 2.94. The molecule has 1 aliphatic heterocycles. The Morgan fingerprint density at radius 2 is 2.22 bits per heavy atom. The molecule has 1 fully saturated rings. The van der Waals surface area contributed by atoms with Crippen LogP contribution in [-0.4, -0.2) is 59.5 Å². The number of nitrogens with zero attached hydrogens (tertiary/aromatic N) is 1. The maximum atomic E-state index is 12.2. The van der Waals surface area contributed by atoms with Crippen LogP contribution in [0.4, 0.5) is 0 Å². The first-order valence-corrected chi connectivity index (χ1v) is 5.98. The van der Waals surface area contributed by atoms with Crippen LogP contribution in [0.1, 0.15) is 20.3 Å². The highest BCUT2D eigenvalue weighted by atomic mass is 16.4. The van der Waals surface area contributed by atoms with Crippen LogP contribution >= 0.6 is 0 Å². The third-order valence-electron chi connectivity index (χ3n) is 2.94. The maximum Gasteiger partial charge on any atom is 0.305 e. The van der Waals surface area contributed by atoms with Crippen molar-refractivity contribution < 1.29 is 19.5 Å². The lowest BCUT2D eigenvalue weighted by atomic mass is 10.1. The molecule has 0 radical (unpaired) electrons. The fourth-order valence-electron chi connectivity index (χ4n) is 1.99. The Balaban J connectivity index is 2.61.